The zero-order chi connectivity index (χ0) is 14.1. The molecule has 0 bridgehead atoms. The molecule has 1 unspecified atom stereocenters. The first-order valence-electron chi connectivity index (χ1n) is 6.85. The average molecular weight is 269 g/mol. The van der Waals surface area contributed by atoms with Crippen molar-refractivity contribution in [2.75, 3.05) is 0 Å². The Balaban J connectivity index is 1.80. The zero-order valence-electron chi connectivity index (χ0n) is 12.1. The maximum atomic E-state index is 5.98. The van der Waals surface area contributed by atoms with E-state index in [-0.39, 0.29) is 6.04 Å². The van der Waals surface area contributed by atoms with Gasteiger partial charge in [-0.2, -0.15) is 5.10 Å². The number of hydrogen-bond acceptors (Lipinski definition) is 3. The Kier molecular flexibility index (Phi) is 3.32. The summed E-state index contributed by atoms with van der Waals surface area (Å²) in [5, 5.41) is 8.85. The molecule has 2 heterocycles. The van der Waals surface area contributed by atoms with Crippen molar-refractivity contribution in [2.24, 2.45) is 7.05 Å². The SMILES string of the molecule is Cc1c(C(C)NCc2ccnn2C)oc2ccccc12. The third-order valence-corrected chi connectivity index (χ3v) is 3.79. The summed E-state index contributed by atoms with van der Waals surface area (Å²) < 4.78 is 7.86. The minimum absolute atomic E-state index is 0.164. The number of nitrogens with one attached hydrogen (secondary N) is 1. The first kappa shape index (κ1) is 12.9. The molecule has 1 N–H and O–H groups in total. The van der Waals surface area contributed by atoms with Crippen LogP contribution in [0.4, 0.5) is 0 Å². The van der Waals surface area contributed by atoms with Crippen LogP contribution in [0.5, 0.6) is 0 Å². The number of nitrogens with zero attached hydrogens (tertiary/aromatic N) is 2. The molecule has 0 radical (unpaired) electrons. The Bertz CT molecular complexity index is 726. The summed E-state index contributed by atoms with van der Waals surface area (Å²) in [6, 6.07) is 10.3. The monoisotopic (exact) mass is 269 g/mol. The van der Waals surface area contributed by atoms with E-state index in [1.54, 1.807) is 0 Å². The van der Waals surface area contributed by atoms with Gasteiger partial charge in [-0.25, -0.2) is 0 Å². The lowest BCUT2D eigenvalue weighted by molar-refractivity contribution is 0.442. The van der Waals surface area contributed by atoms with Crippen LogP contribution in [0.1, 0.15) is 30.0 Å². The van der Waals surface area contributed by atoms with Gasteiger partial charge in [-0.05, 0) is 31.5 Å². The Morgan fingerprint density at radius 3 is 2.80 bits per heavy atom. The zero-order valence-corrected chi connectivity index (χ0v) is 12.1. The smallest absolute Gasteiger partial charge is 0.134 e. The predicted octanol–water partition coefficient (Wildman–Crippen LogP) is 3.33. The van der Waals surface area contributed by atoms with Gasteiger partial charge in [0.2, 0.25) is 0 Å². The van der Waals surface area contributed by atoms with E-state index in [2.05, 4.69) is 30.3 Å². The van der Waals surface area contributed by atoms with Gasteiger partial charge in [0, 0.05) is 25.2 Å². The standard InChI is InChI=1S/C16H19N3O/c1-11-14-6-4-5-7-15(14)20-16(11)12(2)17-10-13-8-9-18-19(13)3/h4-9,12,17H,10H2,1-3H3. The fourth-order valence-electron chi connectivity index (χ4n) is 2.53. The molecule has 4 heteroatoms. The molecule has 0 saturated carbocycles. The molecule has 0 spiro atoms. The number of benzene rings is 1. The normalized spacial score (nSPS) is 12.9. The topological polar surface area (TPSA) is 43.0 Å². The van der Waals surface area contributed by atoms with Crippen molar-refractivity contribution in [2.45, 2.75) is 26.4 Å². The first-order valence-corrected chi connectivity index (χ1v) is 6.85. The number of hydrogen-bond donors (Lipinski definition) is 1. The van der Waals surface area contributed by atoms with E-state index >= 15 is 0 Å². The highest BCUT2D eigenvalue weighted by Crippen LogP contribution is 2.29. The van der Waals surface area contributed by atoms with Crippen molar-refractivity contribution >= 4 is 11.0 Å². The van der Waals surface area contributed by atoms with Gasteiger partial charge >= 0.3 is 0 Å². The summed E-state index contributed by atoms with van der Waals surface area (Å²) >= 11 is 0. The summed E-state index contributed by atoms with van der Waals surface area (Å²) in [6.07, 6.45) is 1.81. The van der Waals surface area contributed by atoms with Crippen molar-refractivity contribution < 1.29 is 4.42 Å². The van der Waals surface area contributed by atoms with Gasteiger partial charge in [-0.1, -0.05) is 18.2 Å². The Morgan fingerprint density at radius 2 is 2.10 bits per heavy atom. The molecule has 104 valence electrons. The van der Waals surface area contributed by atoms with Gasteiger partial charge in [0.15, 0.2) is 0 Å². The quantitative estimate of drug-likeness (QED) is 0.790. The van der Waals surface area contributed by atoms with Crippen LogP contribution in [0.15, 0.2) is 40.9 Å². The molecule has 1 aromatic carbocycles. The maximum absolute atomic E-state index is 5.98. The number of para-hydroxylation sites is 1. The van der Waals surface area contributed by atoms with Gasteiger partial charge in [0.25, 0.3) is 0 Å². The fourth-order valence-corrected chi connectivity index (χ4v) is 2.53. The van der Waals surface area contributed by atoms with Gasteiger partial charge in [0.1, 0.15) is 11.3 Å². The third kappa shape index (κ3) is 2.23. The van der Waals surface area contributed by atoms with E-state index in [9.17, 15) is 0 Å². The summed E-state index contributed by atoms with van der Waals surface area (Å²) in [5.74, 6) is 1.01. The van der Waals surface area contributed by atoms with Crippen molar-refractivity contribution in [1.29, 1.82) is 0 Å². The molecule has 4 nitrogen and oxygen atoms in total. The number of fused-ring (bicyclic) bond motifs is 1. The van der Waals surface area contributed by atoms with Gasteiger partial charge < -0.3 is 9.73 Å². The van der Waals surface area contributed by atoms with Crippen LogP contribution in [-0.4, -0.2) is 9.78 Å². The van der Waals surface area contributed by atoms with Crippen LogP contribution in [-0.2, 0) is 13.6 Å². The summed E-state index contributed by atoms with van der Waals surface area (Å²) in [7, 11) is 1.95. The molecular weight excluding hydrogens is 250 g/mol. The molecule has 0 aliphatic heterocycles. The van der Waals surface area contributed by atoms with Crippen molar-refractivity contribution in [3.63, 3.8) is 0 Å². The Labute approximate surface area is 118 Å². The highest BCUT2D eigenvalue weighted by Gasteiger charge is 2.16. The highest BCUT2D eigenvalue weighted by atomic mass is 16.3. The largest absolute Gasteiger partial charge is 0.459 e. The van der Waals surface area contributed by atoms with E-state index in [0.29, 0.717) is 0 Å². The van der Waals surface area contributed by atoms with E-state index < -0.39 is 0 Å². The van der Waals surface area contributed by atoms with Gasteiger partial charge in [0.05, 0.1) is 11.7 Å². The minimum atomic E-state index is 0.164. The molecule has 0 aliphatic rings. The molecule has 2 aromatic heterocycles. The van der Waals surface area contributed by atoms with Gasteiger partial charge in [-0.3, -0.25) is 4.68 Å². The fraction of sp³-hybridized carbons (Fsp3) is 0.312. The number of aromatic nitrogens is 2. The summed E-state index contributed by atoms with van der Waals surface area (Å²) in [5.41, 5.74) is 3.32. The number of furan rings is 1. The van der Waals surface area contributed by atoms with Crippen molar-refractivity contribution in [1.82, 2.24) is 15.1 Å². The average Bonchev–Trinajstić information content (AvgIpc) is 3.01. The van der Waals surface area contributed by atoms with Crippen LogP contribution in [0.3, 0.4) is 0 Å². The minimum Gasteiger partial charge on any atom is -0.459 e. The van der Waals surface area contributed by atoms with Crippen LogP contribution in [0.2, 0.25) is 0 Å². The molecular formula is C16H19N3O. The lowest BCUT2D eigenvalue weighted by Crippen LogP contribution is -2.19. The van der Waals surface area contributed by atoms with Crippen LogP contribution >= 0.6 is 0 Å². The molecule has 1 atom stereocenters. The number of rotatable bonds is 4. The van der Waals surface area contributed by atoms with E-state index in [4.69, 9.17) is 4.42 Å². The summed E-state index contributed by atoms with van der Waals surface area (Å²) in [6.45, 7) is 5.01. The maximum Gasteiger partial charge on any atom is 0.134 e. The first-order chi connectivity index (χ1) is 9.66. The summed E-state index contributed by atoms with van der Waals surface area (Å²) in [4.78, 5) is 0. The van der Waals surface area contributed by atoms with Crippen LogP contribution in [0.25, 0.3) is 11.0 Å². The highest BCUT2D eigenvalue weighted by molar-refractivity contribution is 5.82. The molecule has 0 fully saturated rings. The number of aryl methyl sites for hydroxylation is 2. The molecule has 0 aliphatic carbocycles. The molecule has 3 aromatic rings. The second-order valence-corrected chi connectivity index (χ2v) is 5.14. The molecule has 3 rings (SSSR count). The van der Waals surface area contributed by atoms with Gasteiger partial charge in [-0.15, -0.1) is 0 Å². The molecule has 0 saturated heterocycles. The Morgan fingerprint density at radius 1 is 1.30 bits per heavy atom. The Hall–Kier alpha value is -2.07. The van der Waals surface area contributed by atoms with Crippen LogP contribution < -0.4 is 5.32 Å². The second-order valence-electron chi connectivity index (χ2n) is 5.14. The van der Waals surface area contributed by atoms with Crippen molar-refractivity contribution in [3.8, 4) is 0 Å². The lowest BCUT2D eigenvalue weighted by Gasteiger charge is -2.12. The lowest BCUT2D eigenvalue weighted by atomic mass is 10.1. The van der Waals surface area contributed by atoms with Crippen molar-refractivity contribution in [3.05, 3.63) is 53.5 Å². The third-order valence-electron chi connectivity index (χ3n) is 3.79. The predicted molar refractivity (Wildman–Crippen MR) is 79.4 cm³/mol. The van der Waals surface area contributed by atoms with E-state index in [1.165, 1.54) is 10.9 Å². The molecule has 0 amide bonds. The van der Waals surface area contributed by atoms with E-state index in [0.717, 1.165) is 23.6 Å². The van der Waals surface area contributed by atoms with E-state index in [1.807, 2.05) is 42.2 Å². The van der Waals surface area contributed by atoms with Crippen LogP contribution in [0, 0.1) is 6.92 Å². The molecule has 20 heavy (non-hydrogen) atoms. The second kappa shape index (κ2) is 5.13.